The minimum atomic E-state index is -0.765. The van der Waals surface area contributed by atoms with Crippen LogP contribution in [0.2, 0.25) is 0 Å². The van der Waals surface area contributed by atoms with Crippen molar-refractivity contribution in [1.82, 2.24) is 9.78 Å². The Morgan fingerprint density at radius 1 is 1.08 bits per heavy atom. The first-order valence-corrected chi connectivity index (χ1v) is 7.98. The molecule has 3 aromatic rings. The number of aromatic nitrogens is 2. The molecule has 0 saturated carbocycles. The smallest absolute Gasteiger partial charge is 0.296 e. The highest BCUT2D eigenvalue weighted by atomic mass is 16.2. The van der Waals surface area contributed by atoms with Gasteiger partial charge in [-0.15, -0.1) is 0 Å². The van der Waals surface area contributed by atoms with Crippen LogP contribution in [-0.4, -0.2) is 21.5 Å². The highest BCUT2D eigenvalue weighted by Gasteiger charge is 2.25. The zero-order valence-electron chi connectivity index (χ0n) is 14.4. The number of anilines is 1. The standard InChI is InChI=1S/C20H16N4O2/c1-13-18(14(2)24(23-13)17-9-4-3-5-10-17)19(25)20(26)22-16-8-6-7-15(11-16)12-21/h3-11H,1-2H3,(H,22,26). The predicted octanol–water partition coefficient (Wildman–Crippen LogP) is 3.18. The van der Waals surface area contributed by atoms with Gasteiger partial charge in [-0.3, -0.25) is 9.59 Å². The molecule has 6 heteroatoms. The lowest BCUT2D eigenvalue weighted by atomic mass is 10.1. The van der Waals surface area contributed by atoms with Crippen LogP contribution in [0.3, 0.4) is 0 Å². The fourth-order valence-electron chi connectivity index (χ4n) is 2.76. The van der Waals surface area contributed by atoms with E-state index in [9.17, 15) is 9.59 Å². The lowest BCUT2D eigenvalue weighted by molar-refractivity contribution is -0.112. The van der Waals surface area contributed by atoms with Gasteiger partial charge < -0.3 is 5.32 Å². The first kappa shape index (κ1) is 17.1. The van der Waals surface area contributed by atoms with E-state index in [1.807, 2.05) is 36.4 Å². The van der Waals surface area contributed by atoms with Crippen molar-refractivity contribution < 1.29 is 9.59 Å². The van der Waals surface area contributed by atoms with Crippen LogP contribution >= 0.6 is 0 Å². The number of carbonyl (C=O) groups excluding carboxylic acids is 2. The Morgan fingerprint density at radius 2 is 1.81 bits per heavy atom. The average Bonchev–Trinajstić information content (AvgIpc) is 2.96. The maximum Gasteiger partial charge on any atom is 0.296 e. The molecule has 0 aliphatic rings. The van der Waals surface area contributed by atoms with Gasteiger partial charge in [0.15, 0.2) is 0 Å². The van der Waals surface area contributed by atoms with E-state index in [-0.39, 0.29) is 5.56 Å². The molecular formula is C20H16N4O2. The van der Waals surface area contributed by atoms with Gasteiger partial charge in [0, 0.05) is 5.69 Å². The number of aryl methyl sites for hydroxylation is 1. The van der Waals surface area contributed by atoms with E-state index < -0.39 is 11.7 Å². The van der Waals surface area contributed by atoms with E-state index in [1.54, 1.807) is 36.7 Å². The Balaban J connectivity index is 1.89. The van der Waals surface area contributed by atoms with Crippen LogP contribution in [0.1, 0.15) is 27.3 Å². The van der Waals surface area contributed by atoms with Crippen molar-refractivity contribution >= 4 is 17.4 Å². The number of carbonyl (C=O) groups is 2. The van der Waals surface area contributed by atoms with Gasteiger partial charge in [0.25, 0.3) is 11.7 Å². The molecule has 0 saturated heterocycles. The SMILES string of the molecule is Cc1nn(-c2ccccc2)c(C)c1C(=O)C(=O)Nc1cccc(C#N)c1. The number of hydrogen-bond donors (Lipinski definition) is 1. The summed E-state index contributed by atoms with van der Waals surface area (Å²) in [5.41, 5.74) is 2.97. The third-order valence-electron chi connectivity index (χ3n) is 3.97. The number of nitrogens with zero attached hydrogens (tertiary/aromatic N) is 3. The van der Waals surface area contributed by atoms with Gasteiger partial charge in [0.1, 0.15) is 0 Å². The molecule has 0 aliphatic carbocycles. The number of para-hydroxylation sites is 1. The van der Waals surface area contributed by atoms with Gasteiger partial charge in [-0.1, -0.05) is 24.3 Å². The molecule has 0 fully saturated rings. The van der Waals surface area contributed by atoms with Crippen molar-refractivity contribution in [2.24, 2.45) is 0 Å². The molecule has 0 aliphatic heterocycles. The van der Waals surface area contributed by atoms with E-state index in [0.717, 1.165) is 5.69 Å². The molecule has 0 spiro atoms. The molecule has 1 heterocycles. The molecule has 0 radical (unpaired) electrons. The summed E-state index contributed by atoms with van der Waals surface area (Å²) in [6.45, 7) is 3.45. The number of amides is 1. The lowest BCUT2D eigenvalue weighted by Gasteiger charge is -2.06. The second-order valence-electron chi connectivity index (χ2n) is 5.77. The Kier molecular flexibility index (Phi) is 4.63. The minimum Gasteiger partial charge on any atom is -0.319 e. The minimum absolute atomic E-state index is 0.280. The molecule has 2 aromatic carbocycles. The summed E-state index contributed by atoms with van der Waals surface area (Å²) in [4.78, 5) is 25.0. The maximum absolute atomic E-state index is 12.7. The molecule has 128 valence electrons. The van der Waals surface area contributed by atoms with Crippen molar-refractivity contribution in [2.45, 2.75) is 13.8 Å². The first-order chi connectivity index (χ1) is 12.5. The third-order valence-corrected chi connectivity index (χ3v) is 3.97. The van der Waals surface area contributed by atoms with Crippen molar-refractivity contribution in [3.8, 4) is 11.8 Å². The number of nitriles is 1. The summed E-state index contributed by atoms with van der Waals surface area (Å²) < 4.78 is 1.64. The van der Waals surface area contributed by atoms with Gasteiger partial charge >= 0.3 is 0 Å². The van der Waals surface area contributed by atoms with Crippen molar-refractivity contribution in [3.05, 3.63) is 77.1 Å². The van der Waals surface area contributed by atoms with Crippen molar-refractivity contribution in [3.63, 3.8) is 0 Å². The van der Waals surface area contributed by atoms with E-state index in [4.69, 9.17) is 5.26 Å². The van der Waals surface area contributed by atoms with Crippen LogP contribution in [0.15, 0.2) is 54.6 Å². The van der Waals surface area contributed by atoms with Crippen LogP contribution < -0.4 is 5.32 Å². The summed E-state index contributed by atoms with van der Waals surface area (Å²) in [6, 6.07) is 17.8. The summed E-state index contributed by atoms with van der Waals surface area (Å²) in [6.07, 6.45) is 0. The summed E-state index contributed by atoms with van der Waals surface area (Å²) in [5, 5.41) is 15.9. The number of rotatable bonds is 4. The van der Waals surface area contributed by atoms with Crippen LogP contribution in [0.5, 0.6) is 0 Å². The number of nitrogens with one attached hydrogen (secondary N) is 1. The number of Topliss-reactive ketones (excluding diaryl/α,β-unsaturated/α-hetero) is 1. The van der Waals surface area contributed by atoms with Gasteiger partial charge in [0.05, 0.1) is 34.3 Å². The zero-order valence-corrected chi connectivity index (χ0v) is 14.4. The molecule has 0 unspecified atom stereocenters. The second-order valence-corrected chi connectivity index (χ2v) is 5.77. The Labute approximate surface area is 150 Å². The highest BCUT2D eigenvalue weighted by molar-refractivity contribution is 6.47. The number of benzene rings is 2. The van der Waals surface area contributed by atoms with Crippen molar-refractivity contribution in [1.29, 1.82) is 5.26 Å². The van der Waals surface area contributed by atoms with Crippen LogP contribution in [-0.2, 0) is 4.79 Å². The number of ketones is 1. The van der Waals surface area contributed by atoms with E-state index in [2.05, 4.69) is 10.4 Å². The zero-order chi connectivity index (χ0) is 18.7. The average molecular weight is 344 g/mol. The molecule has 1 aromatic heterocycles. The van der Waals surface area contributed by atoms with Crippen LogP contribution in [0, 0.1) is 25.2 Å². The molecular weight excluding hydrogens is 328 g/mol. The fraction of sp³-hybridized carbons (Fsp3) is 0.100. The topological polar surface area (TPSA) is 87.8 Å². The summed E-state index contributed by atoms with van der Waals surface area (Å²) in [5.74, 6) is -1.43. The Hall–Kier alpha value is -3.72. The van der Waals surface area contributed by atoms with Crippen LogP contribution in [0.25, 0.3) is 5.69 Å². The third kappa shape index (κ3) is 3.23. The Morgan fingerprint density at radius 3 is 2.50 bits per heavy atom. The van der Waals surface area contributed by atoms with Gasteiger partial charge in [-0.2, -0.15) is 10.4 Å². The monoisotopic (exact) mass is 344 g/mol. The molecule has 6 nitrogen and oxygen atoms in total. The highest BCUT2D eigenvalue weighted by Crippen LogP contribution is 2.19. The van der Waals surface area contributed by atoms with Crippen LogP contribution in [0.4, 0.5) is 5.69 Å². The molecule has 1 N–H and O–H groups in total. The summed E-state index contributed by atoms with van der Waals surface area (Å²) >= 11 is 0. The Bertz CT molecular complexity index is 1030. The molecule has 26 heavy (non-hydrogen) atoms. The first-order valence-electron chi connectivity index (χ1n) is 7.98. The normalized spacial score (nSPS) is 10.2. The second kappa shape index (κ2) is 7.03. The summed E-state index contributed by atoms with van der Waals surface area (Å²) in [7, 11) is 0. The molecule has 0 bridgehead atoms. The lowest BCUT2D eigenvalue weighted by Crippen LogP contribution is -2.24. The largest absolute Gasteiger partial charge is 0.319 e. The molecule has 1 amide bonds. The number of hydrogen-bond acceptors (Lipinski definition) is 4. The van der Waals surface area contributed by atoms with E-state index in [0.29, 0.717) is 22.6 Å². The van der Waals surface area contributed by atoms with Gasteiger partial charge in [-0.05, 0) is 44.2 Å². The van der Waals surface area contributed by atoms with E-state index >= 15 is 0 Å². The van der Waals surface area contributed by atoms with Gasteiger partial charge in [-0.25, -0.2) is 4.68 Å². The maximum atomic E-state index is 12.7. The van der Waals surface area contributed by atoms with Gasteiger partial charge in [0.2, 0.25) is 0 Å². The van der Waals surface area contributed by atoms with Crippen molar-refractivity contribution in [2.75, 3.05) is 5.32 Å². The molecule has 3 rings (SSSR count). The fourth-order valence-corrected chi connectivity index (χ4v) is 2.76. The molecule has 0 atom stereocenters. The quantitative estimate of drug-likeness (QED) is 0.581. The predicted molar refractivity (Wildman–Crippen MR) is 97.2 cm³/mol. The van der Waals surface area contributed by atoms with E-state index in [1.165, 1.54) is 6.07 Å².